The average molecular weight is 302 g/mol. The summed E-state index contributed by atoms with van der Waals surface area (Å²) >= 11 is 0. The standard InChI is InChI=1S/C16H14O6/c17-12-6-10(14(18)21-12)9-5-11-13(16(20)22-15(11)19)8-4-2-1-3-7(8)9/h2,4,7,9-11H,1,3,5-6H2. The smallest absolute Gasteiger partial charge is 0.342 e. The normalized spacial score (nSPS) is 37.1. The zero-order valence-corrected chi connectivity index (χ0v) is 11.7. The lowest BCUT2D eigenvalue weighted by Crippen LogP contribution is -2.36. The average Bonchev–Trinajstić information content (AvgIpc) is 2.97. The van der Waals surface area contributed by atoms with E-state index in [1.54, 1.807) is 0 Å². The molecule has 6 heteroatoms. The van der Waals surface area contributed by atoms with Gasteiger partial charge in [0.15, 0.2) is 0 Å². The predicted molar refractivity (Wildman–Crippen MR) is 70.8 cm³/mol. The van der Waals surface area contributed by atoms with Crippen molar-refractivity contribution in [2.45, 2.75) is 25.7 Å². The van der Waals surface area contributed by atoms with E-state index < -0.39 is 35.7 Å². The van der Waals surface area contributed by atoms with E-state index in [4.69, 9.17) is 4.74 Å². The number of hydrogen-bond donors (Lipinski definition) is 0. The van der Waals surface area contributed by atoms with Crippen LogP contribution >= 0.6 is 0 Å². The number of ether oxygens (including phenoxy) is 2. The molecule has 0 aromatic rings. The molecule has 2 heterocycles. The van der Waals surface area contributed by atoms with Crippen molar-refractivity contribution in [1.29, 1.82) is 0 Å². The van der Waals surface area contributed by atoms with Crippen LogP contribution in [0.2, 0.25) is 0 Å². The van der Waals surface area contributed by atoms with Crippen molar-refractivity contribution in [3.8, 4) is 0 Å². The van der Waals surface area contributed by atoms with Gasteiger partial charge in [-0.25, -0.2) is 4.79 Å². The molecule has 4 unspecified atom stereocenters. The Labute approximate surface area is 126 Å². The number of fused-ring (bicyclic) bond motifs is 2. The van der Waals surface area contributed by atoms with Crippen LogP contribution in [0.3, 0.4) is 0 Å². The van der Waals surface area contributed by atoms with Gasteiger partial charge in [0, 0.05) is 0 Å². The Morgan fingerprint density at radius 1 is 1.00 bits per heavy atom. The van der Waals surface area contributed by atoms with Gasteiger partial charge in [0.05, 0.1) is 23.8 Å². The van der Waals surface area contributed by atoms with Crippen molar-refractivity contribution in [2.24, 2.45) is 23.7 Å². The molecule has 22 heavy (non-hydrogen) atoms. The van der Waals surface area contributed by atoms with E-state index in [9.17, 15) is 19.2 Å². The molecule has 2 aliphatic heterocycles. The molecule has 0 radical (unpaired) electrons. The maximum Gasteiger partial charge on any atom is 0.342 e. The molecule has 0 saturated carbocycles. The summed E-state index contributed by atoms with van der Waals surface area (Å²) < 4.78 is 9.43. The maximum atomic E-state index is 11.9. The minimum Gasteiger partial charge on any atom is -0.393 e. The van der Waals surface area contributed by atoms with Crippen LogP contribution in [-0.4, -0.2) is 23.9 Å². The number of esters is 4. The largest absolute Gasteiger partial charge is 0.393 e. The molecule has 4 atom stereocenters. The maximum absolute atomic E-state index is 11.9. The number of hydrogen-bond acceptors (Lipinski definition) is 6. The van der Waals surface area contributed by atoms with E-state index in [-0.39, 0.29) is 18.3 Å². The van der Waals surface area contributed by atoms with Crippen LogP contribution in [0, 0.1) is 23.7 Å². The van der Waals surface area contributed by atoms with Crippen LogP contribution in [0.25, 0.3) is 0 Å². The fraction of sp³-hybridized carbons (Fsp3) is 0.500. The fourth-order valence-corrected chi connectivity index (χ4v) is 4.21. The number of cyclic esters (lactones) is 4. The third-order valence-corrected chi connectivity index (χ3v) is 5.14. The Morgan fingerprint density at radius 3 is 2.55 bits per heavy atom. The van der Waals surface area contributed by atoms with Gasteiger partial charge in [0.2, 0.25) is 0 Å². The molecule has 4 aliphatic rings. The van der Waals surface area contributed by atoms with Crippen LogP contribution in [0.15, 0.2) is 23.3 Å². The highest BCUT2D eigenvalue weighted by Gasteiger charge is 2.53. The molecule has 2 aliphatic carbocycles. The molecule has 0 bridgehead atoms. The van der Waals surface area contributed by atoms with Crippen LogP contribution in [0.4, 0.5) is 0 Å². The molecular formula is C16H14O6. The Hall–Kier alpha value is -2.24. The Morgan fingerprint density at radius 2 is 1.82 bits per heavy atom. The number of rotatable bonds is 1. The van der Waals surface area contributed by atoms with Crippen molar-refractivity contribution in [2.75, 3.05) is 0 Å². The zero-order chi connectivity index (χ0) is 15.4. The first-order chi connectivity index (χ1) is 10.6. The van der Waals surface area contributed by atoms with Crippen LogP contribution < -0.4 is 0 Å². The highest BCUT2D eigenvalue weighted by molar-refractivity contribution is 6.08. The second-order valence-corrected chi connectivity index (χ2v) is 6.22. The molecule has 6 nitrogen and oxygen atoms in total. The predicted octanol–water partition coefficient (Wildman–Crippen LogP) is 1.06. The second kappa shape index (κ2) is 4.63. The summed E-state index contributed by atoms with van der Waals surface area (Å²) in [6.07, 6.45) is 5.90. The van der Waals surface area contributed by atoms with Gasteiger partial charge in [0.1, 0.15) is 0 Å². The number of allylic oxidation sites excluding steroid dienone is 3. The molecule has 0 N–H and O–H groups in total. The van der Waals surface area contributed by atoms with Gasteiger partial charge in [0.25, 0.3) is 0 Å². The van der Waals surface area contributed by atoms with Gasteiger partial charge in [-0.3, -0.25) is 14.4 Å². The second-order valence-electron chi connectivity index (χ2n) is 6.22. The molecule has 4 rings (SSSR count). The Bertz CT molecular complexity index is 670. The van der Waals surface area contributed by atoms with E-state index in [0.717, 1.165) is 18.4 Å². The summed E-state index contributed by atoms with van der Waals surface area (Å²) in [7, 11) is 0. The van der Waals surface area contributed by atoms with Crippen LogP contribution in [0.1, 0.15) is 25.7 Å². The van der Waals surface area contributed by atoms with Gasteiger partial charge in [-0.05, 0) is 36.7 Å². The molecule has 0 spiro atoms. The summed E-state index contributed by atoms with van der Waals surface area (Å²) in [5, 5.41) is 0. The van der Waals surface area contributed by atoms with E-state index in [0.29, 0.717) is 12.0 Å². The van der Waals surface area contributed by atoms with E-state index in [1.807, 2.05) is 12.2 Å². The zero-order valence-electron chi connectivity index (χ0n) is 11.7. The molecule has 114 valence electrons. The van der Waals surface area contributed by atoms with Gasteiger partial charge in [-0.2, -0.15) is 0 Å². The van der Waals surface area contributed by atoms with E-state index in [2.05, 4.69) is 4.74 Å². The van der Waals surface area contributed by atoms with Gasteiger partial charge >= 0.3 is 23.9 Å². The molecule has 2 saturated heterocycles. The van der Waals surface area contributed by atoms with Crippen LogP contribution in [-0.2, 0) is 28.7 Å². The first kappa shape index (κ1) is 13.4. The lowest BCUT2D eigenvalue weighted by Gasteiger charge is -2.38. The quantitative estimate of drug-likeness (QED) is 0.531. The van der Waals surface area contributed by atoms with Crippen LogP contribution in [0.5, 0.6) is 0 Å². The van der Waals surface area contributed by atoms with Crippen molar-refractivity contribution in [3.63, 3.8) is 0 Å². The molecule has 0 amide bonds. The summed E-state index contributed by atoms with van der Waals surface area (Å²) in [4.78, 5) is 47.2. The minimum absolute atomic E-state index is 0.00171. The SMILES string of the molecule is O=C1CC(C2CC3C(=O)OC(=O)C3=C3C=CCCC32)C(=O)O1. The van der Waals surface area contributed by atoms with Crippen molar-refractivity contribution in [3.05, 3.63) is 23.3 Å². The van der Waals surface area contributed by atoms with E-state index in [1.165, 1.54) is 0 Å². The highest BCUT2D eigenvalue weighted by Crippen LogP contribution is 2.50. The third kappa shape index (κ3) is 1.79. The molecular weight excluding hydrogens is 288 g/mol. The topological polar surface area (TPSA) is 86.7 Å². The van der Waals surface area contributed by atoms with E-state index >= 15 is 0 Å². The fourth-order valence-electron chi connectivity index (χ4n) is 4.21. The van der Waals surface area contributed by atoms with Crippen molar-refractivity contribution >= 4 is 23.9 Å². The van der Waals surface area contributed by atoms with Gasteiger partial charge < -0.3 is 9.47 Å². The number of carbonyl (C=O) groups excluding carboxylic acids is 4. The third-order valence-electron chi connectivity index (χ3n) is 5.14. The van der Waals surface area contributed by atoms with Gasteiger partial charge in [-0.15, -0.1) is 0 Å². The lowest BCUT2D eigenvalue weighted by atomic mass is 9.63. The first-order valence-corrected chi connectivity index (χ1v) is 7.47. The summed E-state index contributed by atoms with van der Waals surface area (Å²) in [5.74, 6) is -3.44. The minimum atomic E-state index is -0.616. The number of carbonyl (C=O) groups is 4. The van der Waals surface area contributed by atoms with Crippen molar-refractivity contribution < 1.29 is 28.7 Å². The first-order valence-electron chi connectivity index (χ1n) is 7.47. The Balaban J connectivity index is 1.78. The summed E-state index contributed by atoms with van der Waals surface area (Å²) in [6.45, 7) is 0. The summed E-state index contributed by atoms with van der Waals surface area (Å²) in [6, 6.07) is 0. The highest BCUT2D eigenvalue weighted by atomic mass is 16.6. The molecule has 0 aromatic heterocycles. The molecule has 0 aromatic carbocycles. The lowest BCUT2D eigenvalue weighted by molar-refractivity contribution is -0.156. The van der Waals surface area contributed by atoms with Gasteiger partial charge in [-0.1, -0.05) is 12.2 Å². The molecule has 2 fully saturated rings. The summed E-state index contributed by atoms with van der Waals surface area (Å²) in [5.41, 5.74) is 1.25. The monoisotopic (exact) mass is 302 g/mol. The van der Waals surface area contributed by atoms with Crippen molar-refractivity contribution in [1.82, 2.24) is 0 Å². The Kier molecular flexibility index (Phi) is 2.82.